The number of carbonyl (C=O) groups excluding carboxylic acids is 2. The van der Waals surface area contributed by atoms with E-state index in [1.807, 2.05) is 0 Å². The van der Waals surface area contributed by atoms with Crippen molar-refractivity contribution < 1.29 is 14.7 Å². The van der Waals surface area contributed by atoms with Crippen LogP contribution in [0.25, 0.3) is 0 Å². The van der Waals surface area contributed by atoms with Gasteiger partial charge in [-0.2, -0.15) is 0 Å². The Morgan fingerprint density at radius 2 is 2.38 bits per heavy atom. The molecule has 3 nitrogen and oxygen atoms in total. The molecule has 0 radical (unpaired) electrons. The van der Waals surface area contributed by atoms with E-state index < -0.39 is 11.9 Å². The zero-order valence-corrected chi connectivity index (χ0v) is 4.59. The fraction of sp³-hybridized carbons (Fsp3) is 0.600. The van der Waals surface area contributed by atoms with Crippen molar-refractivity contribution in [2.24, 2.45) is 5.92 Å². The highest BCUT2D eigenvalue weighted by molar-refractivity contribution is 5.84. The SMILES string of the molecule is CCC(C=O)C(=O)[O-]. The summed E-state index contributed by atoms with van der Waals surface area (Å²) in [7, 11) is 0. The van der Waals surface area contributed by atoms with Crippen LogP contribution in [0.5, 0.6) is 0 Å². The van der Waals surface area contributed by atoms with Gasteiger partial charge in [0.15, 0.2) is 0 Å². The van der Waals surface area contributed by atoms with Crippen molar-refractivity contribution >= 4 is 12.3 Å². The number of carboxylic acid groups (broad SMARTS) is 1. The largest absolute Gasteiger partial charge is 0.549 e. The summed E-state index contributed by atoms with van der Waals surface area (Å²) < 4.78 is 0. The van der Waals surface area contributed by atoms with Gasteiger partial charge in [0.05, 0.1) is 11.9 Å². The first-order valence-corrected chi connectivity index (χ1v) is 2.38. The predicted molar refractivity (Wildman–Crippen MR) is 24.9 cm³/mol. The fourth-order valence-electron chi connectivity index (χ4n) is 0.318. The van der Waals surface area contributed by atoms with Gasteiger partial charge >= 0.3 is 0 Å². The van der Waals surface area contributed by atoms with Gasteiger partial charge in [0.25, 0.3) is 0 Å². The summed E-state index contributed by atoms with van der Waals surface area (Å²) in [6.07, 6.45) is 0.696. The Labute approximate surface area is 47.3 Å². The quantitative estimate of drug-likeness (QED) is 0.348. The second kappa shape index (κ2) is 3.18. The van der Waals surface area contributed by atoms with Gasteiger partial charge in [-0.25, -0.2) is 0 Å². The van der Waals surface area contributed by atoms with E-state index in [-0.39, 0.29) is 0 Å². The smallest absolute Gasteiger partial charge is 0.128 e. The van der Waals surface area contributed by atoms with E-state index in [0.29, 0.717) is 12.7 Å². The summed E-state index contributed by atoms with van der Waals surface area (Å²) >= 11 is 0. The lowest BCUT2D eigenvalue weighted by atomic mass is 10.1. The Morgan fingerprint density at radius 1 is 1.88 bits per heavy atom. The molecule has 0 N–H and O–H groups in total. The van der Waals surface area contributed by atoms with Crippen molar-refractivity contribution in [1.82, 2.24) is 0 Å². The zero-order chi connectivity index (χ0) is 6.57. The van der Waals surface area contributed by atoms with Crippen LogP contribution in [0.2, 0.25) is 0 Å². The topological polar surface area (TPSA) is 57.2 Å². The summed E-state index contributed by atoms with van der Waals surface area (Å²) in [5.41, 5.74) is 0. The number of aldehydes is 1. The molecule has 3 heteroatoms. The lowest BCUT2D eigenvalue weighted by Gasteiger charge is -2.05. The van der Waals surface area contributed by atoms with Crippen LogP contribution in [0.15, 0.2) is 0 Å². The van der Waals surface area contributed by atoms with Crippen molar-refractivity contribution in [3.05, 3.63) is 0 Å². The van der Waals surface area contributed by atoms with E-state index in [1.54, 1.807) is 6.92 Å². The summed E-state index contributed by atoms with van der Waals surface area (Å²) in [5, 5.41) is 9.82. The first-order chi connectivity index (χ1) is 3.72. The van der Waals surface area contributed by atoms with Gasteiger partial charge in [-0.15, -0.1) is 0 Å². The zero-order valence-electron chi connectivity index (χ0n) is 4.59. The molecule has 8 heavy (non-hydrogen) atoms. The van der Waals surface area contributed by atoms with Crippen molar-refractivity contribution in [3.63, 3.8) is 0 Å². The highest BCUT2D eigenvalue weighted by atomic mass is 16.4. The molecule has 0 aromatic rings. The normalized spacial score (nSPS) is 12.6. The second-order valence-corrected chi connectivity index (χ2v) is 1.47. The molecule has 0 aliphatic carbocycles. The van der Waals surface area contributed by atoms with Crippen molar-refractivity contribution in [2.45, 2.75) is 13.3 Å². The molecular weight excluding hydrogens is 108 g/mol. The van der Waals surface area contributed by atoms with Crippen LogP contribution >= 0.6 is 0 Å². The molecule has 0 amide bonds. The lowest BCUT2D eigenvalue weighted by Crippen LogP contribution is -2.31. The van der Waals surface area contributed by atoms with Gasteiger partial charge in [-0.3, -0.25) is 0 Å². The van der Waals surface area contributed by atoms with E-state index in [0.717, 1.165) is 0 Å². The first-order valence-electron chi connectivity index (χ1n) is 2.38. The van der Waals surface area contributed by atoms with Crippen molar-refractivity contribution in [2.75, 3.05) is 0 Å². The monoisotopic (exact) mass is 115 g/mol. The highest BCUT2D eigenvalue weighted by Crippen LogP contribution is 1.93. The molecule has 0 heterocycles. The second-order valence-electron chi connectivity index (χ2n) is 1.47. The Balaban J connectivity index is 3.69. The standard InChI is InChI=1S/C5H8O3/c1-2-4(3-6)5(7)8/h3-4H,2H2,1H3,(H,7,8)/p-1. The van der Waals surface area contributed by atoms with Crippen LogP contribution in [-0.4, -0.2) is 12.3 Å². The number of rotatable bonds is 3. The van der Waals surface area contributed by atoms with Crippen molar-refractivity contribution in [1.29, 1.82) is 0 Å². The molecule has 0 aromatic heterocycles. The van der Waals surface area contributed by atoms with Gasteiger partial charge in [0.2, 0.25) is 0 Å². The molecule has 0 spiro atoms. The highest BCUT2D eigenvalue weighted by Gasteiger charge is 2.02. The maximum Gasteiger partial charge on any atom is 0.128 e. The van der Waals surface area contributed by atoms with Gasteiger partial charge in [0, 0.05) is 0 Å². The van der Waals surface area contributed by atoms with Gasteiger partial charge in [0.1, 0.15) is 6.29 Å². The van der Waals surface area contributed by atoms with Gasteiger partial charge in [-0.1, -0.05) is 6.92 Å². The number of hydrogen-bond acceptors (Lipinski definition) is 3. The minimum atomic E-state index is -1.29. The van der Waals surface area contributed by atoms with Gasteiger partial charge in [-0.05, 0) is 6.42 Å². The number of carbonyl (C=O) groups is 2. The molecular formula is C5H7O3-. The molecule has 0 aliphatic heterocycles. The Morgan fingerprint density at radius 3 is 2.38 bits per heavy atom. The first kappa shape index (κ1) is 7.14. The van der Waals surface area contributed by atoms with Gasteiger partial charge < -0.3 is 14.7 Å². The summed E-state index contributed by atoms with van der Waals surface area (Å²) in [6, 6.07) is 0. The molecule has 0 aliphatic rings. The third kappa shape index (κ3) is 1.73. The Hall–Kier alpha value is -0.860. The molecule has 1 unspecified atom stereocenters. The molecule has 0 fully saturated rings. The third-order valence-electron chi connectivity index (χ3n) is 0.907. The van der Waals surface area contributed by atoms with E-state index in [9.17, 15) is 14.7 Å². The number of hydrogen-bond donors (Lipinski definition) is 0. The predicted octanol–water partition coefficient (Wildman–Crippen LogP) is -1.04. The van der Waals surface area contributed by atoms with Crippen LogP contribution in [0.1, 0.15) is 13.3 Å². The summed E-state index contributed by atoms with van der Waals surface area (Å²) in [6.45, 7) is 1.62. The fourth-order valence-corrected chi connectivity index (χ4v) is 0.318. The molecule has 0 rings (SSSR count). The average molecular weight is 115 g/mol. The van der Waals surface area contributed by atoms with Crippen molar-refractivity contribution in [3.8, 4) is 0 Å². The molecule has 0 aromatic carbocycles. The van der Waals surface area contributed by atoms with Crippen LogP contribution in [-0.2, 0) is 9.59 Å². The Bertz CT molecular complexity index is 97.8. The lowest BCUT2D eigenvalue weighted by molar-refractivity contribution is -0.309. The molecule has 46 valence electrons. The number of carboxylic acids is 1. The molecule has 0 saturated heterocycles. The third-order valence-corrected chi connectivity index (χ3v) is 0.907. The summed E-state index contributed by atoms with van der Waals surface area (Å²) in [4.78, 5) is 19.6. The van der Waals surface area contributed by atoms with E-state index in [2.05, 4.69) is 0 Å². The Kier molecular flexibility index (Phi) is 2.84. The van der Waals surface area contributed by atoms with E-state index in [1.165, 1.54) is 0 Å². The average Bonchev–Trinajstić information content (AvgIpc) is 1.69. The minimum absolute atomic E-state index is 0.311. The molecule has 1 atom stereocenters. The van der Waals surface area contributed by atoms with Crippen LogP contribution < -0.4 is 5.11 Å². The molecule has 0 bridgehead atoms. The van der Waals surface area contributed by atoms with Crippen LogP contribution in [0, 0.1) is 5.92 Å². The summed E-state index contributed by atoms with van der Waals surface area (Å²) in [5.74, 6) is -2.21. The van der Waals surface area contributed by atoms with Crippen LogP contribution in [0.3, 0.4) is 0 Å². The van der Waals surface area contributed by atoms with Crippen LogP contribution in [0.4, 0.5) is 0 Å². The molecule has 0 saturated carbocycles. The van der Waals surface area contributed by atoms with E-state index >= 15 is 0 Å². The van der Waals surface area contributed by atoms with E-state index in [4.69, 9.17) is 0 Å². The maximum atomic E-state index is 9.82. The number of aliphatic carboxylic acids is 1. The maximum absolute atomic E-state index is 9.82. The minimum Gasteiger partial charge on any atom is -0.549 e.